The molecule has 0 saturated carbocycles. The van der Waals surface area contributed by atoms with Crippen molar-refractivity contribution in [3.63, 3.8) is 0 Å². The van der Waals surface area contributed by atoms with Gasteiger partial charge in [-0.25, -0.2) is 4.79 Å². The molecular weight excluding hydrogens is 252 g/mol. The monoisotopic (exact) mass is 278 g/mol. The van der Waals surface area contributed by atoms with Crippen molar-refractivity contribution < 1.29 is 4.79 Å². The lowest BCUT2D eigenvalue weighted by Gasteiger charge is -2.13. The highest BCUT2D eigenvalue weighted by atomic mass is 16.2. The lowest BCUT2D eigenvalue weighted by Crippen LogP contribution is -2.31. The molecule has 1 unspecified atom stereocenters. The SMILES string of the molecule is CNC(C)c1cccc(NC(=O)NCCCN(C)C)c1. The highest BCUT2D eigenvalue weighted by Gasteiger charge is 2.05. The van der Waals surface area contributed by atoms with Crippen LogP contribution in [0.25, 0.3) is 0 Å². The standard InChI is InChI=1S/C15H26N4O/c1-12(16-2)13-7-5-8-14(11-13)18-15(20)17-9-6-10-19(3)4/h5,7-8,11-12,16H,6,9-10H2,1-4H3,(H2,17,18,20). The smallest absolute Gasteiger partial charge is 0.319 e. The second kappa shape index (κ2) is 8.55. The highest BCUT2D eigenvalue weighted by Crippen LogP contribution is 2.16. The molecule has 0 heterocycles. The average Bonchev–Trinajstić information content (AvgIpc) is 2.43. The summed E-state index contributed by atoms with van der Waals surface area (Å²) in [5, 5.41) is 8.90. The van der Waals surface area contributed by atoms with Crippen LogP contribution in [0.5, 0.6) is 0 Å². The van der Waals surface area contributed by atoms with E-state index in [-0.39, 0.29) is 12.1 Å². The first kappa shape index (κ1) is 16.5. The van der Waals surface area contributed by atoms with Crippen molar-refractivity contribution in [2.75, 3.05) is 39.5 Å². The number of nitrogens with zero attached hydrogens (tertiary/aromatic N) is 1. The zero-order valence-corrected chi connectivity index (χ0v) is 12.9. The van der Waals surface area contributed by atoms with Gasteiger partial charge < -0.3 is 20.9 Å². The van der Waals surface area contributed by atoms with Gasteiger partial charge >= 0.3 is 6.03 Å². The first-order chi connectivity index (χ1) is 9.52. The molecule has 0 fully saturated rings. The van der Waals surface area contributed by atoms with Crippen molar-refractivity contribution in [1.29, 1.82) is 0 Å². The molecular formula is C15H26N4O. The number of hydrogen-bond donors (Lipinski definition) is 3. The molecule has 0 aliphatic carbocycles. The quantitative estimate of drug-likeness (QED) is 0.669. The van der Waals surface area contributed by atoms with E-state index in [0.29, 0.717) is 6.54 Å². The van der Waals surface area contributed by atoms with Crippen LogP contribution in [-0.4, -0.2) is 45.2 Å². The maximum atomic E-state index is 11.8. The molecule has 5 nitrogen and oxygen atoms in total. The number of urea groups is 1. The molecule has 0 bridgehead atoms. The second-order valence-electron chi connectivity index (χ2n) is 5.17. The summed E-state index contributed by atoms with van der Waals surface area (Å²) in [6, 6.07) is 7.98. The number of hydrogen-bond acceptors (Lipinski definition) is 3. The van der Waals surface area contributed by atoms with Gasteiger partial charge in [-0.3, -0.25) is 0 Å². The van der Waals surface area contributed by atoms with E-state index in [1.54, 1.807) is 0 Å². The van der Waals surface area contributed by atoms with Gasteiger partial charge in [-0.1, -0.05) is 12.1 Å². The molecule has 0 spiro atoms. The third-order valence-electron chi connectivity index (χ3n) is 3.15. The Balaban J connectivity index is 2.41. The van der Waals surface area contributed by atoms with Gasteiger partial charge in [0.05, 0.1) is 0 Å². The zero-order valence-electron chi connectivity index (χ0n) is 12.9. The maximum absolute atomic E-state index is 11.8. The zero-order chi connectivity index (χ0) is 15.0. The number of amides is 2. The third kappa shape index (κ3) is 6.04. The molecule has 0 aliphatic rings. The summed E-state index contributed by atoms with van der Waals surface area (Å²) >= 11 is 0. The summed E-state index contributed by atoms with van der Waals surface area (Å²) in [5.74, 6) is 0. The van der Waals surface area contributed by atoms with E-state index in [4.69, 9.17) is 0 Å². The largest absolute Gasteiger partial charge is 0.338 e. The summed E-state index contributed by atoms with van der Waals surface area (Å²) in [6.07, 6.45) is 0.942. The average molecular weight is 278 g/mol. The number of anilines is 1. The van der Waals surface area contributed by atoms with Gasteiger partial charge in [-0.2, -0.15) is 0 Å². The van der Waals surface area contributed by atoms with E-state index in [1.165, 1.54) is 0 Å². The lowest BCUT2D eigenvalue weighted by molar-refractivity contribution is 0.251. The first-order valence-corrected chi connectivity index (χ1v) is 6.99. The van der Waals surface area contributed by atoms with Crippen LogP contribution < -0.4 is 16.0 Å². The van der Waals surface area contributed by atoms with Crippen LogP contribution in [0.1, 0.15) is 24.9 Å². The van der Waals surface area contributed by atoms with Crippen LogP contribution >= 0.6 is 0 Å². The van der Waals surface area contributed by atoms with Gasteiger partial charge in [0.15, 0.2) is 0 Å². The van der Waals surface area contributed by atoms with Gasteiger partial charge in [-0.05, 0) is 58.7 Å². The van der Waals surface area contributed by atoms with Crippen molar-refractivity contribution >= 4 is 11.7 Å². The fraction of sp³-hybridized carbons (Fsp3) is 0.533. The number of rotatable bonds is 7. The molecule has 1 rings (SSSR count). The second-order valence-corrected chi connectivity index (χ2v) is 5.17. The Hall–Kier alpha value is -1.59. The molecule has 1 aromatic carbocycles. The van der Waals surface area contributed by atoms with Crippen molar-refractivity contribution in [2.45, 2.75) is 19.4 Å². The fourth-order valence-electron chi connectivity index (χ4n) is 1.82. The summed E-state index contributed by atoms with van der Waals surface area (Å²) < 4.78 is 0. The Bertz CT molecular complexity index is 420. The van der Waals surface area contributed by atoms with Crippen LogP contribution in [0.15, 0.2) is 24.3 Å². The molecule has 112 valence electrons. The highest BCUT2D eigenvalue weighted by molar-refractivity contribution is 5.89. The Morgan fingerprint density at radius 2 is 2.10 bits per heavy atom. The van der Waals surface area contributed by atoms with E-state index in [1.807, 2.05) is 45.4 Å². The van der Waals surface area contributed by atoms with E-state index < -0.39 is 0 Å². The van der Waals surface area contributed by atoms with Crippen LogP contribution in [-0.2, 0) is 0 Å². The minimum atomic E-state index is -0.155. The van der Waals surface area contributed by atoms with Crippen molar-refractivity contribution in [1.82, 2.24) is 15.5 Å². The van der Waals surface area contributed by atoms with Crippen molar-refractivity contribution in [3.05, 3.63) is 29.8 Å². The van der Waals surface area contributed by atoms with Gasteiger partial charge in [0.2, 0.25) is 0 Å². The summed E-state index contributed by atoms with van der Waals surface area (Å²) in [6.45, 7) is 3.73. The van der Waals surface area contributed by atoms with E-state index in [9.17, 15) is 4.79 Å². The Labute approximate surface area is 121 Å². The Morgan fingerprint density at radius 3 is 2.75 bits per heavy atom. The third-order valence-corrected chi connectivity index (χ3v) is 3.15. The topological polar surface area (TPSA) is 56.4 Å². The number of benzene rings is 1. The molecule has 3 N–H and O–H groups in total. The normalized spacial score (nSPS) is 12.2. The molecule has 0 radical (unpaired) electrons. The molecule has 20 heavy (non-hydrogen) atoms. The van der Waals surface area contributed by atoms with Crippen LogP contribution in [0.3, 0.4) is 0 Å². The van der Waals surface area contributed by atoms with Gasteiger partial charge in [-0.15, -0.1) is 0 Å². The van der Waals surface area contributed by atoms with Crippen molar-refractivity contribution in [3.8, 4) is 0 Å². The predicted octanol–water partition coefficient (Wildman–Crippen LogP) is 2.04. The molecule has 0 aliphatic heterocycles. The predicted molar refractivity (Wildman–Crippen MR) is 84.1 cm³/mol. The molecule has 0 saturated heterocycles. The van der Waals surface area contributed by atoms with Crippen molar-refractivity contribution in [2.24, 2.45) is 0 Å². The first-order valence-electron chi connectivity index (χ1n) is 6.99. The number of carbonyl (C=O) groups is 1. The lowest BCUT2D eigenvalue weighted by atomic mass is 10.1. The summed E-state index contributed by atoms with van der Waals surface area (Å²) in [5.41, 5.74) is 1.97. The van der Waals surface area contributed by atoms with Gasteiger partial charge in [0.25, 0.3) is 0 Å². The number of carbonyl (C=O) groups excluding carboxylic acids is 1. The molecule has 5 heteroatoms. The fourth-order valence-corrected chi connectivity index (χ4v) is 1.82. The Kier molecular flexibility index (Phi) is 7.04. The minimum Gasteiger partial charge on any atom is -0.338 e. The van der Waals surface area contributed by atoms with Gasteiger partial charge in [0, 0.05) is 18.3 Å². The summed E-state index contributed by atoms with van der Waals surface area (Å²) in [7, 11) is 5.96. The van der Waals surface area contributed by atoms with Crippen LogP contribution in [0.2, 0.25) is 0 Å². The molecule has 0 aromatic heterocycles. The van der Waals surface area contributed by atoms with Crippen LogP contribution in [0.4, 0.5) is 10.5 Å². The van der Waals surface area contributed by atoms with E-state index >= 15 is 0 Å². The number of nitrogens with one attached hydrogen (secondary N) is 3. The van der Waals surface area contributed by atoms with E-state index in [0.717, 1.165) is 24.2 Å². The Morgan fingerprint density at radius 1 is 1.35 bits per heavy atom. The van der Waals surface area contributed by atoms with Gasteiger partial charge in [0.1, 0.15) is 0 Å². The molecule has 1 atom stereocenters. The maximum Gasteiger partial charge on any atom is 0.319 e. The molecule has 2 amide bonds. The minimum absolute atomic E-state index is 0.155. The van der Waals surface area contributed by atoms with Crippen LogP contribution in [0, 0.1) is 0 Å². The summed E-state index contributed by atoms with van der Waals surface area (Å²) in [4.78, 5) is 13.9. The van der Waals surface area contributed by atoms with E-state index in [2.05, 4.69) is 27.8 Å². The molecule has 1 aromatic rings.